The molecule has 0 heterocycles. The second-order valence-electron chi connectivity index (χ2n) is 4.14. The van der Waals surface area contributed by atoms with Crippen LogP contribution in [0.4, 0.5) is 5.69 Å². The molecule has 0 fully saturated rings. The zero-order valence-electron chi connectivity index (χ0n) is 11.1. The highest BCUT2D eigenvalue weighted by atomic mass is 32.2. The van der Waals surface area contributed by atoms with Gasteiger partial charge in [0.25, 0.3) is 0 Å². The monoisotopic (exact) mass is 306 g/mol. The molecule has 0 aromatic heterocycles. The van der Waals surface area contributed by atoms with Crippen molar-refractivity contribution in [2.24, 2.45) is 4.99 Å². The van der Waals surface area contributed by atoms with Crippen molar-refractivity contribution in [3.8, 4) is 11.5 Å². The lowest BCUT2D eigenvalue weighted by molar-refractivity contribution is 0.373. The standard InChI is InChI=1S/C14H13NO5S/c1-20-14-8-10(2-7-13(14)16)9-15-11-3-5-12(6-4-11)21(17,18)19/h2-9,16H,1H3,(H,17,18,19)/p-1. The predicted molar refractivity (Wildman–Crippen MR) is 76.3 cm³/mol. The summed E-state index contributed by atoms with van der Waals surface area (Å²) in [5.41, 5.74) is 1.19. The van der Waals surface area contributed by atoms with Gasteiger partial charge in [0.1, 0.15) is 10.1 Å². The molecule has 0 unspecified atom stereocenters. The largest absolute Gasteiger partial charge is 0.744 e. The molecule has 6 nitrogen and oxygen atoms in total. The Morgan fingerprint density at radius 3 is 2.43 bits per heavy atom. The number of benzene rings is 2. The van der Waals surface area contributed by atoms with Gasteiger partial charge in [-0.15, -0.1) is 0 Å². The molecule has 0 bridgehead atoms. The Bertz CT molecular complexity index is 766. The number of phenols is 1. The molecule has 0 amide bonds. The number of phenolic OH excluding ortho intramolecular Hbond substituents is 1. The van der Waals surface area contributed by atoms with Crippen LogP contribution < -0.4 is 4.74 Å². The van der Waals surface area contributed by atoms with Gasteiger partial charge in [-0.25, -0.2) is 8.42 Å². The highest BCUT2D eigenvalue weighted by molar-refractivity contribution is 7.85. The van der Waals surface area contributed by atoms with E-state index in [1.807, 2.05) is 0 Å². The summed E-state index contributed by atoms with van der Waals surface area (Å²) in [6.07, 6.45) is 1.53. The van der Waals surface area contributed by atoms with Crippen LogP contribution in [0.15, 0.2) is 52.4 Å². The summed E-state index contributed by atoms with van der Waals surface area (Å²) in [7, 11) is -3.00. The molecular weight excluding hydrogens is 294 g/mol. The van der Waals surface area contributed by atoms with E-state index in [0.717, 1.165) is 0 Å². The first-order valence-corrected chi connectivity index (χ1v) is 7.28. The molecule has 0 saturated carbocycles. The summed E-state index contributed by atoms with van der Waals surface area (Å²) in [5, 5.41) is 9.47. The summed E-state index contributed by atoms with van der Waals surface area (Å²) in [4.78, 5) is 3.85. The van der Waals surface area contributed by atoms with E-state index in [0.29, 0.717) is 17.0 Å². The Hall–Kier alpha value is -2.38. The second-order valence-corrected chi connectivity index (χ2v) is 5.52. The highest BCUT2D eigenvalue weighted by Gasteiger charge is 2.02. The van der Waals surface area contributed by atoms with E-state index in [9.17, 15) is 18.1 Å². The van der Waals surface area contributed by atoms with Gasteiger partial charge in [-0.3, -0.25) is 4.99 Å². The van der Waals surface area contributed by atoms with E-state index in [-0.39, 0.29) is 10.6 Å². The van der Waals surface area contributed by atoms with E-state index in [2.05, 4.69) is 4.99 Å². The molecule has 7 heteroatoms. The van der Waals surface area contributed by atoms with Crippen molar-refractivity contribution < 1.29 is 22.8 Å². The summed E-state index contributed by atoms with van der Waals surface area (Å²) in [6, 6.07) is 10.00. The van der Waals surface area contributed by atoms with E-state index in [1.54, 1.807) is 12.1 Å². The Labute approximate surface area is 122 Å². The van der Waals surface area contributed by atoms with Crippen LogP contribution in [0, 0.1) is 0 Å². The van der Waals surface area contributed by atoms with Crippen LogP contribution in [-0.4, -0.2) is 31.4 Å². The first-order chi connectivity index (χ1) is 9.90. The lowest BCUT2D eigenvalue weighted by Crippen LogP contribution is -1.97. The van der Waals surface area contributed by atoms with Gasteiger partial charge in [0.15, 0.2) is 11.5 Å². The van der Waals surface area contributed by atoms with Crippen molar-refractivity contribution in [1.29, 1.82) is 0 Å². The van der Waals surface area contributed by atoms with Gasteiger partial charge in [-0.05, 0) is 48.0 Å². The first kappa shape index (κ1) is 15.0. The summed E-state index contributed by atoms with van der Waals surface area (Å²) in [6.45, 7) is 0. The number of hydrogen-bond donors (Lipinski definition) is 1. The molecule has 0 aliphatic rings. The highest BCUT2D eigenvalue weighted by Crippen LogP contribution is 2.26. The third kappa shape index (κ3) is 3.80. The number of aliphatic imine (C=N–C) groups is 1. The molecule has 2 aromatic rings. The molecule has 110 valence electrons. The molecule has 1 N–H and O–H groups in total. The zero-order valence-corrected chi connectivity index (χ0v) is 11.9. The van der Waals surface area contributed by atoms with E-state index < -0.39 is 10.1 Å². The van der Waals surface area contributed by atoms with Gasteiger partial charge in [0.05, 0.1) is 17.7 Å². The Morgan fingerprint density at radius 1 is 1.19 bits per heavy atom. The smallest absolute Gasteiger partial charge is 0.161 e. The van der Waals surface area contributed by atoms with Gasteiger partial charge in [-0.2, -0.15) is 0 Å². The molecule has 0 atom stereocenters. The fraction of sp³-hybridized carbons (Fsp3) is 0.0714. The van der Waals surface area contributed by atoms with Gasteiger partial charge < -0.3 is 14.4 Å². The van der Waals surface area contributed by atoms with Crippen molar-refractivity contribution in [1.82, 2.24) is 0 Å². The topological polar surface area (TPSA) is 99.0 Å². The van der Waals surface area contributed by atoms with Crippen molar-refractivity contribution in [2.45, 2.75) is 4.90 Å². The third-order valence-electron chi connectivity index (χ3n) is 2.69. The Morgan fingerprint density at radius 2 is 1.86 bits per heavy atom. The van der Waals surface area contributed by atoms with Gasteiger partial charge in [0.2, 0.25) is 0 Å². The number of nitrogens with zero attached hydrogens (tertiary/aromatic N) is 1. The number of ether oxygens (including phenoxy) is 1. The van der Waals surface area contributed by atoms with Crippen LogP contribution in [0.2, 0.25) is 0 Å². The molecule has 21 heavy (non-hydrogen) atoms. The number of hydrogen-bond acceptors (Lipinski definition) is 6. The minimum Gasteiger partial charge on any atom is -0.744 e. The molecule has 0 saturated heterocycles. The van der Waals surface area contributed by atoms with Crippen LogP contribution in [0.5, 0.6) is 11.5 Å². The van der Waals surface area contributed by atoms with Gasteiger partial charge in [0, 0.05) is 6.21 Å². The molecular formula is C14H12NO5S-. The van der Waals surface area contributed by atoms with Crippen molar-refractivity contribution in [3.63, 3.8) is 0 Å². The van der Waals surface area contributed by atoms with Gasteiger partial charge >= 0.3 is 0 Å². The van der Waals surface area contributed by atoms with Gasteiger partial charge in [-0.1, -0.05) is 0 Å². The quantitative estimate of drug-likeness (QED) is 0.688. The second kappa shape index (κ2) is 5.94. The minimum atomic E-state index is -4.45. The van der Waals surface area contributed by atoms with Crippen molar-refractivity contribution in [3.05, 3.63) is 48.0 Å². The lowest BCUT2D eigenvalue weighted by Gasteiger charge is -2.06. The van der Waals surface area contributed by atoms with Crippen LogP contribution in [0.25, 0.3) is 0 Å². The molecule has 2 aromatic carbocycles. The Balaban J connectivity index is 2.21. The lowest BCUT2D eigenvalue weighted by atomic mass is 10.2. The average Bonchev–Trinajstić information content (AvgIpc) is 2.46. The first-order valence-electron chi connectivity index (χ1n) is 5.87. The number of methoxy groups -OCH3 is 1. The minimum absolute atomic E-state index is 0.0275. The molecule has 0 aliphatic carbocycles. The number of aromatic hydroxyl groups is 1. The van der Waals surface area contributed by atoms with Crippen LogP contribution >= 0.6 is 0 Å². The maximum Gasteiger partial charge on any atom is 0.161 e. The fourth-order valence-corrected chi connectivity index (χ4v) is 2.09. The fourth-order valence-electron chi connectivity index (χ4n) is 1.62. The van der Waals surface area contributed by atoms with E-state index in [4.69, 9.17) is 4.74 Å². The third-order valence-corrected chi connectivity index (χ3v) is 3.54. The van der Waals surface area contributed by atoms with E-state index >= 15 is 0 Å². The van der Waals surface area contributed by atoms with Crippen LogP contribution in [-0.2, 0) is 10.1 Å². The van der Waals surface area contributed by atoms with Crippen molar-refractivity contribution >= 4 is 22.0 Å². The molecule has 0 spiro atoms. The van der Waals surface area contributed by atoms with Crippen LogP contribution in [0.1, 0.15) is 5.56 Å². The van der Waals surface area contributed by atoms with Crippen LogP contribution in [0.3, 0.4) is 0 Å². The molecule has 0 aliphatic heterocycles. The molecule has 0 radical (unpaired) electrons. The summed E-state index contributed by atoms with van der Waals surface area (Å²) < 4.78 is 37.4. The predicted octanol–water partition coefficient (Wildman–Crippen LogP) is 2.06. The van der Waals surface area contributed by atoms with E-state index in [1.165, 1.54) is 43.7 Å². The maximum atomic E-state index is 10.8. The molecule has 2 rings (SSSR count). The Kier molecular flexibility index (Phi) is 4.25. The SMILES string of the molecule is COc1cc(C=Nc2ccc(S(=O)(=O)[O-])cc2)ccc1O. The summed E-state index contributed by atoms with van der Waals surface area (Å²) >= 11 is 0. The number of rotatable bonds is 4. The van der Waals surface area contributed by atoms with Crippen molar-refractivity contribution in [2.75, 3.05) is 7.11 Å². The normalized spacial score (nSPS) is 11.7. The summed E-state index contributed by atoms with van der Waals surface area (Å²) in [5.74, 6) is 0.353. The average molecular weight is 306 g/mol. The zero-order chi connectivity index (χ0) is 15.5. The maximum absolute atomic E-state index is 10.8.